The lowest BCUT2D eigenvalue weighted by Crippen LogP contribution is -2.30. The Morgan fingerprint density at radius 3 is 2.47 bits per heavy atom. The number of carbonyl (C=O) groups is 3. The average molecular weight is 639 g/mol. The highest BCUT2D eigenvalue weighted by atomic mass is 35.5. The van der Waals surface area contributed by atoms with Gasteiger partial charge in [-0.15, -0.1) is 11.8 Å². The molecule has 0 fully saturated rings. The molecule has 10 heteroatoms. The number of anilines is 2. The summed E-state index contributed by atoms with van der Waals surface area (Å²) in [6.45, 7) is 3.64. The monoisotopic (exact) mass is 638 g/mol. The molecular weight excluding hydrogens is 608 g/mol. The summed E-state index contributed by atoms with van der Waals surface area (Å²) >= 11 is 7.54. The number of benzene rings is 4. The number of carbonyl (C=O) groups excluding carboxylic acids is 3. The van der Waals surface area contributed by atoms with Crippen molar-refractivity contribution >= 4 is 69.4 Å². The second kappa shape index (κ2) is 14.2. The number of methoxy groups -OCH3 is 1. The van der Waals surface area contributed by atoms with Gasteiger partial charge in [0.15, 0.2) is 0 Å². The van der Waals surface area contributed by atoms with Crippen LogP contribution in [-0.4, -0.2) is 35.1 Å². The number of aryl methyl sites for hydroxylation is 1. The summed E-state index contributed by atoms with van der Waals surface area (Å²) in [6, 6.07) is 27.0. The molecule has 1 aromatic heterocycles. The van der Waals surface area contributed by atoms with Crippen LogP contribution in [0.2, 0.25) is 5.02 Å². The summed E-state index contributed by atoms with van der Waals surface area (Å²) in [4.78, 5) is 43.7. The zero-order chi connectivity index (χ0) is 31.9. The molecule has 3 amide bonds. The molecule has 4 N–H and O–H groups in total. The Kier molecular flexibility index (Phi) is 9.92. The standard InChI is InChI=1S/C35H31ClN4O4S/c1-21-16-30(32(44-3)19-28(21)36)39-33(41)22(2)45-26-13-9-12-25(18-26)38-35(43)31(40-34(42)23-10-5-4-6-11-23)17-24-20-37-29-15-8-7-14-27(24)29/h4-20,22,37H,1-3H3,(H,38,43)(H,39,41)(H,40,42)/b31-17-. The van der Waals surface area contributed by atoms with Crippen LogP contribution < -0.4 is 20.7 Å². The zero-order valence-corrected chi connectivity index (χ0v) is 26.4. The molecule has 0 aliphatic heterocycles. The summed E-state index contributed by atoms with van der Waals surface area (Å²) in [5.41, 5.74) is 4.01. The van der Waals surface area contributed by atoms with E-state index in [0.717, 1.165) is 26.9 Å². The topological polar surface area (TPSA) is 112 Å². The maximum absolute atomic E-state index is 13.6. The van der Waals surface area contributed by atoms with E-state index < -0.39 is 17.1 Å². The number of H-pyrrole nitrogens is 1. The Morgan fingerprint density at radius 2 is 1.69 bits per heavy atom. The van der Waals surface area contributed by atoms with E-state index in [0.29, 0.717) is 27.7 Å². The van der Waals surface area contributed by atoms with E-state index in [1.165, 1.54) is 18.9 Å². The highest BCUT2D eigenvalue weighted by Gasteiger charge is 2.19. The summed E-state index contributed by atoms with van der Waals surface area (Å²) < 4.78 is 5.38. The Morgan fingerprint density at radius 1 is 0.933 bits per heavy atom. The molecule has 1 heterocycles. The molecule has 0 aliphatic rings. The molecule has 0 aliphatic carbocycles. The van der Waals surface area contributed by atoms with Gasteiger partial charge in [-0.3, -0.25) is 14.4 Å². The first kappa shape index (κ1) is 31.4. The molecule has 4 aromatic carbocycles. The number of halogens is 1. The minimum absolute atomic E-state index is 0.0756. The molecular formula is C35H31ClN4O4S. The van der Waals surface area contributed by atoms with Crippen LogP contribution in [0.15, 0.2) is 108 Å². The van der Waals surface area contributed by atoms with Gasteiger partial charge in [0.05, 0.1) is 18.0 Å². The quantitative estimate of drug-likeness (QED) is 0.0926. The number of ether oxygens (including phenoxy) is 1. The fraction of sp³-hybridized carbons (Fsp3) is 0.114. The number of thioether (sulfide) groups is 1. The van der Waals surface area contributed by atoms with Gasteiger partial charge in [-0.05, 0) is 68.0 Å². The minimum Gasteiger partial charge on any atom is -0.495 e. The van der Waals surface area contributed by atoms with Gasteiger partial charge in [0.25, 0.3) is 11.8 Å². The van der Waals surface area contributed by atoms with E-state index >= 15 is 0 Å². The van der Waals surface area contributed by atoms with Crippen molar-refractivity contribution in [2.75, 3.05) is 17.7 Å². The van der Waals surface area contributed by atoms with Gasteiger partial charge >= 0.3 is 0 Å². The van der Waals surface area contributed by atoms with Gasteiger partial charge in [0, 0.05) is 49.9 Å². The molecule has 0 bridgehead atoms. The Balaban J connectivity index is 1.33. The van der Waals surface area contributed by atoms with Crippen molar-refractivity contribution in [3.05, 3.63) is 125 Å². The van der Waals surface area contributed by atoms with Gasteiger partial charge in [-0.2, -0.15) is 0 Å². The molecule has 0 radical (unpaired) electrons. The van der Waals surface area contributed by atoms with Gasteiger partial charge in [0.1, 0.15) is 11.4 Å². The van der Waals surface area contributed by atoms with Crippen LogP contribution in [0.1, 0.15) is 28.4 Å². The van der Waals surface area contributed by atoms with Gasteiger partial charge in [0.2, 0.25) is 5.91 Å². The first-order valence-corrected chi connectivity index (χ1v) is 15.3. The van der Waals surface area contributed by atoms with Crippen LogP contribution in [-0.2, 0) is 9.59 Å². The van der Waals surface area contributed by atoms with Crippen LogP contribution >= 0.6 is 23.4 Å². The van der Waals surface area contributed by atoms with E-state index in [1.807, 2.05) is 43.3 Å². The summed E-state index contributed by atoms with van der Waals surface area (Å²) in [5, 5.41) is 9.57. The second-order valence-corrected chi connectivity index (χ2v) is 12.0. The molecule has 228 valence electrons. The minimum atomic E-state index is -0.497. The lowest BCUT2D eigenvalue weighted by atomic mass is 10.1. The number of aromatic nitrogens is 1. The maximum atomic E-state index is 13.6. The average Bonchev–Trinajstić information content (AvgIpc) is 3.45. The fourth-order valence-corrected chi connectivity index (χ4v) is 5.66. The third kappa shape index (κ3) is 7.75. The Hall–Kier alpha value is -4.99. The second-order valence-electron chi connectivity index (χ2n) is 10.2. The van der Waals surface area contributed by atoms with Crippen molar-refractivity contribution in [2.45, 2.75) is 24.0 Å². The first-order valence-electron chi connectivity index (χ1n) is 14.1. The van der Waals surface area contributed by atoms with Gasteiger partial charge in [-0.25, -0.2) is 0 Å². The van der Waals surface area contributed by atoms with E-state index in [4.69, 9.17) is 16.3 Å². The van der Waals surface area contributed by atoms with Crippen LogP contribution in [0.25, 0.3) is 17.0 Å². The number of aromatic amines is 1. The molecule has 0 spiro atoms. The van der Waals surface area contributed by atoms with Crippen LogP contribution in [0.4, 0.5) is 11.4 Å². The van der Waals surface area contributed by atoms with Crippen LogP contribution in [0.5, 0.6) is 5.75 Å². The van der Waals surface area contributed by atoms with E-state index in [-0.39, 0.29) is 11.6 Å². The highest BCUT2D eigenvalue weighted by molar-refractivity contribution is 8.00. The maximum Gasteiger partial charge on any atom is 0.272 e. The molecule has 0 saturated carbocycles. The van der Waals surface area contributed by atoms with E-state index in [2.05, 4.69) is 20.9 Å². The first-order chi connectivity index (χ1) is 21.7. The summed E-state index contributed by atoms with van der Waals surface area (Å²) in [6.07, 6.45) is 3.43. The number of hydrogen-bond donors (Lipinski definition) is 4. The summed E-state index contributed by atoms with van der Waals surface area (Å²) in [5.74, 6) is -0.657. The largest absolute Gasteiger partial charge is 0.495 e. The normalized spacial score (nSPS) is 12.0. The van der Waals surface area contributed by atoms with Gasteiger partial charge < -0.3 is 25.7 Å². The SMILES string of the molecule is COc1cc(Cl)c(C)cc1NC(=O)C(C)Sc1cccc(NC(=O)/C(=C/c2c[nH]c3ccccc23)NC(=O)c2ccccc2)c1. The highest BCUT2D eigenvalue weighted by Crippen LogP contribution is 2.32. The van der Waals surface area contributed by atoms with E-state index in [9.17, 15) is 14.4 Å². The number of para-hydroxylation sites is 1. The third-order valence-corrected chi connectivity index (χ3v) is 8.46. The number of hydrogen-bond acceptors (Lipinski definition) is 5. The molecule has 5 aromatic rings. The lowest BCUT2D eigenvalue weighted by Gasteiger charge is -2.16. The van der Waals surface area contributed by atoms with Crippen molar-refractivity contribution in [1.29, 1.82) is 0 Å². The molecule has 5 rings (SSSR count). The lowest BCUT2D eigenvalue weighted by molar-refractivity contribution is -0.115. The fourth-order valence-electron chi connectivity index (χ4n) is 4.58. The van der Waals surface area contributed by atoms with Crippen molar-refractivity contribution in [1.82, 2.24) is 10.3 Å². The predicted octanol–water partition coefficient (Wildman–Crippen LogP) is 7.67. The number of rotatable bonds is 10. The Bertz CT molecular complexity index is 1900. The molecule has 45 heavy (non-hydrogen) atoms. The third-order valence-electron chi connectivity index (χ3n) is 6.96. The molecule has 0 saturated heterocycles. The Labute approximate surface area is 270 Å². The predicted molar refractivity (Wildman–Crippen MR) is 182 cm³/mol. The zero-order valence-electron chi connectivity index (χ0n) is 24.8. The molecule has 1 atom stereocenters. The van der Waals surface area contributed by atoms with Crippen LogP contribution in [0, 0.1) is 6.92 Å². The van der Waals surface area contributed by atoms with Crippen LogP contribution in [0.3, 0.4) is 0 Å². The number of nitrogens with one attached hydrogen (secondary N) is 4. The van der Waals surface area contributed by atoms with Gasteiger partial charge in [-0.1, -0.05) is 54.1 Å². The molecule has 1 unspecified atom stereocenters. The number of fused-ring (bicyclic) bond motifs is 1. The van der Waals surface area contributed by atoms with Crippen molar-refractivity contribution < 1.29 is 19.1 Å². The van der Waals surface area contributed by atoms with E-state index in [1.54, 1.807) is 73.8 Å². The van der Waals surface area contributed by atoms with Crippen molar-refractivity contribution in [2.24, 2.45) is 0 Å². The molecule has 8 nitrogen and oxygen atoms in total. The summed E-state index contributed by atoms with van der Waals surface area (Å²) in [7, 11) is 1.52. The van der Waals surface area contributed by atoms with Crippen molar-refractivity contribution in [3.63, 3.8) is 0 Å². The number of amides is 3. The van der Waals surface area contributed by atoms with Crippen molar-refractivity contribution in [3.8, 4) is 5.75 Å². The smallest absolute Gasteiger partial charge is 0.272 e.